The summed E-state index contributed by atoms with van der Waals surface area (Å²) < 4.78 is 1.82. The monoisotopic (exact) mass is 181 g/mol. The molecule has 0 spiro atoms. The molecule has 0 fully saturated rings. The fraction of sp³-hybridized carbons (Fsp3) is 0.500. The molecule has 0 aliphatic rings. The molecule has 1 aromatic heterocycles. The molecule has 0 unspecified atom stereocenters. The van der Waals surface area contributed by atoms with E-state index in [4.69, 9.17) is 5.73 Å². The number of hydrogen-bond acceptors (Lipinski definition) is 2. The Bertz CT molecular complexity index is 252. The number of aromatic nitrogens is 2. The highest BCUT2D eigenvalue weighted by Gasteiger charge is 1.89. The fourth-order valence-corrected chi connectivity index (χ4v) is 0.943. The van der Waals surface area contributed by atoms with Gasteiger partial charge in [-0.05, 0) is 13.0 Å². The van der Waals surface area contributed by atoms with Crippen LogP contribution in [0.1, 0.15) is 6.92 Å². The number of nitrogens with one attached hydrogen (secondary N) is 1. The van der Waals surface area contributed by atoms with Crippen LogP contribution in [0.25, 0.3) is 0 Å². The van der Waals surface area contributed by atoms with Gasteiger partial charge >= 0.3 is 0 Å². The van der Waals surface area contributed by atoms with Crippen LogP contribution < -0.4 is 11.1 Å². The van der Waals surface area contributed by atoms with E-state index in [9.17, 15) is 0 Å². The van der Waals surface area contributed by atoms with Gasteiger partial charge in [0.15, 0.2) is 5.96 Å². The highest BCUT2D eigenvalue weighted by atomic mass is 15.3. The fourth-order valence-electron chi connectivity index (χ4n) is 0.943. The molecule has 0 atom stereocenters. The average Bonchev–Trinajstić information content (AvgIpc) is 2.57. The average molecular weight is 181 g/mol. The Labute approximate surface area is 77.6 Å². The minimum absolute atomic E-state index is 0.495. The lowest BCUT2D eigenvalue weighted by atomic mass is 10.6. The van der Waals surface area contributed by atoms with E-state index < -0.39 is 0 Å². The van der Waals surface area contributed by atoms with Gasteiger partial charge in [0.2, 0.25) is 0 Å². The Morgan fingerprint density at radius 1 is 1.69 bits per heavy atom. The Kier molecular flexibility index (Phi) is 3.81. The minimum Gasteiger partial charge on any atom is -0.370 e. The Balaban J connectivity index is 2.24. The summed E-state index contributed by atoms with van der Waals surface area (Å²) in [5, 5.41) is 6.97. The number of nitrogens with two attached hydrogens (primary N) is 1. The number of hydrogen-bond donors (Lipinski definition) is 2. The number of rotatable bonds is 4. The maximum absolute atomic E-state index is 5.53. The van der Waals surface area contributed by atoms with E-state index in [0.717, 1.165) is 13.1 Å². The topological polar surface area (TPSA) is 68.2 Å². The van der Waals surface area contributed by atoms with Gasteiger partial charge in [0.05, 0.1) is 13.1 Å². The molecule has 0 aliphatic heterocycles. The lowest BCUT2D eigenvalue weighted by Crippen LogP contribution is -2.31. The first kappa shape index (κ1) is 9.57. The van der Waals surface area contributed by atoms with Crippen LogP contribution in [0.5, 0.6) is 0 Å². The van der Waals surface area contributed by atoms with E-state index in [1.807, 2.05) is 23.9 Å². The molecular weight excluding hydrogens is 166 g/mol. The summed E-state index contributed by atoms with van der Waals surface area (Å²) in [6.45, 7) is 4.20. The lowest BCUT2D eigenvalue weighted by molar-refractivity contribution is 0.624. The van der Waals surface area contributed by atoms with Gasteiger partial charge in [0.25, 0.3) is 0 Å². The predicted octanol–water partition coefficient (Wildman–Crippen LogP) is -0.193. The third-order valence-corrected chi connectivity index (χ3v) is 1.53. The highest BCUT2D eigenvalue weighted by molar-refractivity contribution is 5.77. The molecule has 72 valence electrons. The van der Waals surface area contributed by atoms with Gasteiger partial charge in [-0.2, -0.15) is 5.10 Å². The summed E-state index contributed by atoms with van der Waals surface area (Å²) in [6, 6.07) is 1.89. The first-order valence-corrected chi connectivity index (χ1v) is 4.34. The number of aliphatic imine (C=N–C) groups is 1. The van der Waals surface area contributed by atoms with Gasteiger partial charge < -0.3 is 11.1 Å². The number of guanidine groups is 1. The summed E-state index contributed by atoms with van der Waals surface area (Å²) in [4.78, 5) is 4.11. The van der Waals surface area contributed by atoms with Crippen molar-refractivity contribution in [3.8, 4) is 0 Å². The molecule has 5 heteroatoms. The van der Waals surface area contributed by atoms with Crippen LogP contribution in [0.3, 0.4) is 0 Å². The smallest absolute Gasteiger partial charge is 0.188 e. The number of nitrogens with zero attached hydrogens (tertiary/aromatic N) is 3. The van der Waals surface area contributed by atoms with E-state index in [1.165, 1.54) is 0 Å². The second-order valence-electron chi connectivity index (χ2n) is 2.57. The van der Waals surface area contributed by atoms with Crippen LogP contribution in [0.4, 0.5) is 0 Å². The first-order valence-electron chi connectivity index (χ1n) is 4.34. The van der Waals surface area contributed by atoms with Crippen molar-refractivity contribution in [2.75, 3.05) is 13.1 Å². The Morgan fingerprint density at radius 3 is 3.15 bits per heavy atom. The van der Waals surface area contributed by atoms with Gasteiger partial charge in [-0.15, -0.1) is 0 Å². The summed E-state index contributed by atoms with van der Waals surface area (Å²) in [7, 11) is 0. The molecule has 0 saturated heterocycles. The largest absolute Gasteiger partial charge is 0.370 e. The van der Waals surface area contributed by atoms with Gasteiger partial charge in [-0.25, -0.2) is 0 Å². The molecule has 5 nitrogen and oxygen atoms in total. The lowest BCUT2D eigenvalue weighted by Gasteiger charge is -2.01. The van der Waals surface area contributed by atoms with Crippen molar-refractivity contribution in [2.45, 2.75) is 13.5 Å². The van der Waals surface area contributed by atoms with E-state index in [1.54, 1.807) is 6.20 Å². The highest BCUT2D eigenvalue weighted by Crippen LogP contribution is 1.84. The maximum atomic E-state index is 5.53. The zero-order valence-corrected chi connectivity index (χ0v) is 7.77. The SMILES string of the molecule is CCNC(N)=NCCn1cccn1. The standard InChI is InChI=1S/C8H15N5/c1-2-10-8(9)11-5-7-13-6-3-4-12-13/h3-4,6H,2,5,7H2,1H3,(H3,9,10,11). The van der Waals surface area contributed by atoms with Crippen molar-refractivity contribution in [1.82, 2.24) is 15.1 Å². The molecule has 0 aromatic carbocycles. The van der Waals surface area contributed by atoms with Crippen LogP contribution in [-0.2, 0) is 6.54 Å². The Hall–Kier alpha value is -1.52. The van der Waals surface area contributed by atoms with Crippen LogP contribution in [0, 0.1) is 0 Å². The van der Waals surface area contributed by atoms with Crippen molar-refractivity contribution in [3.63, 3.8) is 0 Å². The van der Waals surface area contributed by atoms with Crippen LogP contribution in [0.15, 0.2) is 23.5 Å². The van der Waals surface area contributed by atoms with Crippen molar-refractivity contribution in [3.05, 3.63) is 18.5 Å². The van der Waals surface area contributed by atoms with Gasteiger partial charge in [0.1, 0.15) is 0 Å². The molecule has 1 rings (SSSR count). The molecule has 0 saturated carbocycles. The molecule has 1 heterocycles. The van der Waals surface area contributed by atoms with E-state index >= 15 is 0 Å². The predicted molar refractivity (Wildman–Crippen MR) is 52.4 cm³/mol. The molecule has 0 bridgehead atoms. The molecule has 0 radical (unpaired) electrons. The summed E-state index contributed by atoms with van der Waals surface area (Å²) >= 11 is 0. The third-order valence-electron chi connectivity index (χ3n) is 1.53. The van der Waals surface area contributed by atoms with Crippen molar-refractivity contribution < 1.29 is 0 Å². The molecule has 0 aliphatic carbocycles. The Morgan fingerprint density at radius 2 is 2.54 bits per heavy atom. The van der Waals surface area contributed by atoms with E-state index in [0.29, 0.717) is 12.5 Å². The summed E-state index contributed by atoms with van der Waals surface area (Å²) in [5.41, 5.74) is 5.53. The van der Waals surface area contributed by atoms with Crippen molar-refractivity contribution in [1.29, 1.82) is 0 Å². The van der Waals surface area contributed by atoms with Gasteiger partial charge in [-0.1, -0.05) is 0 Å². The van der Waals surface area contributed by atoms with E-state index in [2.05, 4.69) is 15.4 Å². The minimum atomic E-state index is 0.495. The van der Waals surface area contributed by atoms with Crippen LogP contribution in [-0.4, -0.2) is 28.8 Å². The maximum Gasteiger partial charge on any atom is 0.188 e. The second kappa shape index (κ2) is 5.18. The quantitative estimate of drug-likeness (QED) is 0.499. The van der Waals surface area contributed by atoms with Crippen molar-refractivity contribution in [2.24, 2.45) is 10.7 Å². The van der Waals surface area contributed by atoms with Crippen LogP contribution >= 0.6 is 0 Å². The van der Waals surface area contributed by atoms with Gasteiger partial charge in [0, 0.05) is 18.9 Å². The molecule has 0 amide bonds. The molecular formula is C8H15N5. The van der Waals surface area contributed by atoms with Crippen LogP contribution in [0.2, 0.25) is 0 Å². The summed E-state index contributed by atoms with van der Waals surface area (Å²) in [5.74, 6) is 0.495. The van der Waals surface area contributed by atoms with Gasteiger partial charge in [-0.3, -0.25) is 9.67 Å². The first-order chi connectivity index (χ1) is 6.33. The normalized spacial score (nSPS) is 11.6. The second-order valence-corrected chi connectivity index (χ2v) is 2.57. The zero-order valence-electron chi connectivity index (χ0n) is 7.77. The van der Waals surface area contributed by atoms with Crippen molar-refractivity contribution >= 4 is 5.96 Å². The molecule has 13 heavy (non-hydrogen) atoms. The zero-order chi connectivity index (χ0) is 9.52. The van der Waals surface area contributed by atoms with E-state index in [-0.39, 0.29) is 0 Å². The molecule has 3 N–H and O–H groups in total. The summed E-state index contributed by atoms with van der Waals surface area (Å²) in [6.07, 6.45) is 3.65. The third kappa shape index (κ3) is 3.59. The molecule has 1 aromatic rings.